The number of rotatable bonds is 1. The van der Waals surface area contributed by atoms with Crippen LogP contribution in [0.5, 0.6) is 5.75 Å². The summed E-state index contributed by atoms with van der Waals surface area (Å²) in [4.78, 5) is 14.4. The van der Waals surface area contributed by atoms with Crippen LogP contribution in [-0.2, 0) is 0 Å². The van der Waals surface area contributed by atoms with Crippen molar-refractivity contribution in [2.45, 2.75) is 37.7 Å². The standard InChI is InChI=1S/C16H20ClNO3/c17-14-5-4-12(19)9-13(14)15(20)18-8-7-16(21)6-2-1-3-11(16)10-18/h4-5,9,11,19,21H,1-3,6-8,10H2. The summed E-state index contributed by atoms with van der Waals surface area (Å²) in [6, 6.07) is 4.41. The van der Waals surface area contributed by atoms with Gasteiger partial charge in [-0.25, -0.2) is 0 Å². The van der Waals surface area contributed by atoms with Crippen LogP contribution in [-0.4, -0.2) is 39.7 Å². The molecule has 114 valence electrons. The molecule has 2 fully saturated rings. The van der Waals surface area contributed by atoms with E-state index in [-0.39, 0.29) is 17.6 Å². The Morgan fingerprint density at radius 2 is 2.14 bits per heavy atom. The van der Waals surface area contributed by atoms with E-state index < -0.39 is 5.60 Å². The number of phenolic OH excluding ortho intramolecular Hbond substituents is 1. The van der Waals surface area contributed by atoms with Gasteiger partial charge in [0.15, 0.2) is 0 Å². The van der Waals surface area contributed by atoms with Gasteiger partial charge in [-0.05, 0) is 37.5 Å². The maximum absolute atomic E-state index is 12.6. The smallest absolute Gasteiger partial charge is 0.255 e. The molecule has 1 aromatic carbocycles. The zero-order valence-electron chi connectivity index (χ0n) is 11.9. The third kappa shape index (κ3) is 2.74. The van der Waals surface area contributed by atoms with E-state index in [0.717, 1.165) is 25.7 Å². The van der Waals surface area contributed by atoms with Crippen molar-refractivity contribution in [3.05, 3.63) is 28.8 Å². The lowest BCUT2D eigenvalue weighted by Crippen LogP contribution is -2.54. The monoisotopic (exact) mass is 309 g/mol. The van der Waals surface area contributed by atoms with Crippen LogP contribution in [0.15, 0.2) is 18.2 Å². The minimum absolute atomic E-state index is 0.0360. The Morgan fingerprint density at radius 1 is 1.33 bits per heavy atom. The van der Waals surface area contributed by atoms with E-state index in [1.807, 2.05) is 0 Å². The average Bonchev–Trinajstić information content (AvgIpc) is 2.48. The number of benzene rings is 1. The van der Waals surface area contributed by atoms with Crippen molar-refractivity contribution in [3.63, 3.8) is 0 Å². The molecule has 1 saturated heterocycles. The molecule has 1 heterocycles. The number of piperidine rings is 1. The fourth-order valence-corrected chi connectivity index (χ4v) is 3.80. The van der Waals surface area contributed by atoms with Crippen molar-refractivity contribution >= 4 is 17.5 Å². The maximum atomic E-state index is 12.6. The van der Waals surface area contributed by atoms with Crippen molar-refractivity contribution in [1.82, 2.24) is 4.90 Å². The van der Waals surface area contributed by atoms with Gasteiger partial charge >= 0.3 is 0 Å². The molecule has 3 rings (SSSR count). The van der Waals surface area contributed by atoms with Gasteiger partial charge < -0.3 is 15.1 Å². The van der Waals surface area contributed by atoms with E-state index in [9.17, 15) is 15.0 Å². The van der Waals surface area contributed by atoms with Crippen molar-refractivity contribution in [3.8, 4) is 5.75 Å². The number of carbonyl (C=O) groups is 1. The Bertz CT molecular complexity index is 562. The molecule has 1 amide bonds. The van der Waals surface area contributed by atoms with E-state index in [1.54, 1.807) is 4.90 Å². The summed E-state index contributed by atoms with van der Waals surface area (Å²) in [7, 11) is 0. The second-order valence-corrected chi connectivity index (χ2v) is 6.62. The van der Waals surface area contributed by atoms with Crippen LogP contribution < -0.4 is 0 Å². The molecule has 4 nitrogen and oxygen atoms in total. The first-order valence-corrected chi connectivity index (χ1v) is 7.87. The van der Waals surface area contributed by atoms with E-state index in [0.29, 0.717) is 30.1 Å². The fourth-order valence-electron chi connectivity index (χ4n) is 3.60. The molecule has 1 aromatic rings. The topological polar surface area (TPSA) is 60.8 Å². The average molecular weight is 310 g/mol. The lowest BCUT2D eigenvalue weighted by atomic mass is 9.71. The third-order valence-corrected chi connectivity index (χ3v) is 5.22. The highest BCUT2D eigenvalue weighted by Gasteiger charge is 2.43. The highest BCUT2D eigenvalue weighted by Crippen LogP contribution is 2.40. The predicted molar refractivity (Wildman–Crippen MR) is 80.5 cm³/mol. The van der Waals surface area contributed by atoms with Gasteiger partial charge in [0.1, 0.15) is 5.75 Å². The summed E-state index contributed by atoms with van der Waals surface area (Å²) in [5.41, 5.74) is -0.268. The van der Waals surface area contributed by atoms with Crippen LogP contribution in [0, 0.1) is 5.92 Å². The molecule has 5 heteroatoms. The first-order chi connectivity index (χ1) is 9.99. The van der Waals surface area contributed by atoms with Crippen LogP contribution in [0.25, 0.3) is 0 Å². The quantitative estimate of drug-likeness (QED) is 0.838. The van der Waals surface area contributed by atoms with Crippen LogP contribution in [0.3, 0.4) is 0 Å². The van der Waals surface area contributed by atoms with E-state index in [2.05, 4.69) is 0 Å². The number of hydrogen-bond acceptors (Lipinski definition) is 3. The number of phenols is 1. The third-order valence-electron chi connectivity index (χ3n) is 4.90. The number of fused-ring (bicyclic) bond motifs is 1. The number of aromatic hydroxyl groups is 1. The molecule has 0 bridgehead atoms. The molecule has 2 aliphatic rings. The SMILES string of the molecule is O=C(c1cc(O)ccc1Cl)N1CCC2(O)CCCCC2C1. The van der Waals surface area contributed by atoms with Gasteiger partial charge in [0.2, 0.25) is 0 Å². The molecule has 2 unspecified atom stereocenters. The van der Waals surface area contributed by atoms with E-state index in [4.69, 9.17) is 11.6 Å². The van der Waals surface area contributed by atoms with E-state index >= 15 is 0 Å². The van der Waals surface area contributed by atoms with Gasteiger partial charge in [0, 0.05) is 19.0 Å². The molecule has 21 heavy (non-hydrogen) atoms. The molecule has 0 spiro atoms. The second-order valence-electron chi connectivity index (χ2n) is 6.21. The summed E-state index contributed by atoms with van der Waals surface area (Å²) < 4.78 is 0. The fraction of sp³-hybridized carbons (Fsp3) is 0.562. The van der Waals surface area contributed by atoms with Gasteiger partial charge in [-0.15, -0.1) is 0 Å². The Balaban J connectivity index is 1.79. The summed E-state index contributed by atoms with van der Waals surface area (Å²) in [5.74, 6) is 0.0255. The summed E-state index contributed by atoms with van der Waals surface area (Å²) >= 11 is 6.07. The lowest BCUT2D eigenvalue weighted by Gasteiger charge is -2.47. The molecular weight excluding hydrogens is 290 g/mol. The molecule has 2 N–H and O–H groups in total. The summed E-state index contributed by atoms with van der Waals surface area (Å²) in [6.45, 7) is 1.11. The first-order valence-electron chi connectivity index (χ1n) is 7.50. The van der Waals surface area contributed by atoms with Crippen LogP contribution in [0.2, 0.25) is 5.02 Å². The highest BCUT2D eigenvalue weighted by molar-refractivity contribution is 6.33. The molecule has 2 atom stereocenters. The molecule has 1 aliphatic carbocycles. The van der Waals surface area contributed by atoms with Crippen molar-refractivity contribution in [2.24, 2.45) is 5.92 Å². The van der Waals surface area contributed by atoms with Crippen LogP contribution in [0.1, 0.15) is 42.5 Å². The molecular formula is C16H20ClNO3. The number of aliphatic hydroxyl groups is 1. The zero-order chi connectivity index (χ0) is 15.0. The molecule has 0 aromatic heterocycles. The largest absolute Gasteiger partial charge is 0.508 e. The van der Waals surface area contributed by atoms with Gasteiger partial charge in [0.05, 0.1) is 16.2 Å². The molecule has 1 aliphatic heterocycles. The van der Waals surface area contributed by atoms with Crippen molar-refractivity contribution in [2.75, 3.05) is 13.1 Å². The minimum Gasteiger partial charge on any atom is -0.508 e. The number of amides is 1. The summed E-state index contributed by atoms with van der Waals surface area (Å²) in [5, 5.41) is 20.5. The van der Waals surface area contributed by atoms with Crippen LogP contribution >= 0.6 is 11.6 Å². The Morgan fingerprint density at radius 3 is 2.95 bits per heavy atom. The zero-order valence-corrected chi connectivity index (χ0v) is 12.6. The lowest BCUT2D eigenvalue weighted by molar-refractivity contribution is -0.0886. The number of carbonyl (C=O) groups excluding carboxylic acids is 1. The van der Waals surface area contributed by atoms with Gasteiger partial charge in [0.25, 0.3) is 5.91 Å². The van der Waals surface area contributed by atoms with Crippen molar-refractivity contribution < 1.29 is 15.0 Å². The highest BCUT2D eigenvalue weighted by atomic mass is 35.5. The first kappa shape index (κ1) is 14.7. The predicted octanol–water partition coefficient (Wildman–Crippen LogP) is 2.81. The normalized spacial score (nSPS) is 29.0. The Labute approximate surface area is 129 Å². The van der Waals surface area contributed by atoms with Crippen LogP contribution in [0.4, 0.5) is 0 Å². The summed E-state index contributed by atoms with van der Waals surface area (Å²) in [6.07, 6.45) is 4.61. The van der Waals surface area contributed by atoms with Crippen molar-refractivity contribution in [1.29, 1.82) is 0 Å². The number of hydrogen-bond donors (Lipinski definition) is 2. The Hall–Kier alpha value is -1.26. The minimum atomic E-state index is -0.600. The van der Waals surface area contributed by atoms with Gasteiger partial charge in [-0.1, -0.05) is 24.4 Å². The van der Waals surface area contributed by atoms with Gasteiger partial charge in [-0.3, -0.25) is 4.79 Å². The Kier molecular flexibility index (Phi) is 3.84. The van der Waals surface area contributed by atoms with Gasteiger partial charge in [-0.2, -0.15) is 0 Å². The molecule has 1 saturated carbocycles. The number of halogens is 1. The number of likely N-dealkylation sites (tertiary alicyclic amines) is 1. The molecule has 0 radical (unpaired) electrons. The number of nitrogens with zero attached hydrogens (tertiary/aromatic N) is 1. The second kappa shape index (κ2) is 5.50. The maximum Gasteiger partial charge on any atom is 0.255 e. The van der Waals surface area contributed by atoms with E-state index in [1.165, 1.54) is 18.2 Å².